The van der Waals surface area contributed by atoms with Crippen molar-refractivity contribution in [1.29, 1.82) is 0 Å². The van der Waals surface area contributed by atoms with Gasteiger partial charge in [0, 0.05) is 0 Å². The van der Waals surface area contributed by atoms with Gasteiger partial charge in [-0.3, -0.25) is 0 Å². The van der Waals surface area contributed by atoms with Crippen molar-refractivity contribution in [2.75, 3.05) is 64.3 Å². The van der Waals surface area contributed by atoms with Crippen molar-refractivity contribution < 1.29 is 43.5 Å². The lowest BCUT2D eigenvalue weighted by molar-refractivity contribution is 0.00505. The van der Waals surface area contributed by atoms with Crippen molar-refractivity contribution in [2.45, 2.75) is 0 Å². The maximum absolute atomic E-state index is 10.9. The van der Waals surface area contributed by atoms with Crippen molar-refractivity contribution in [2.24, 2.45) is 0 Å². The summed E-state index contributed by atoms with van der Waals surface area (Å²) in [6, 6.07) is 8.55. The molecule has 0 spiro atoms. The van der Waals surface area contributed by atoms with Gasteiger partial charge in [0.1, 0.15) is 24.7 Å². The monoisotopic (exact) mass is 464 g/mol. The second-order valence-corrected chi connectivity index (χ2v) is 6.65. The van der Waals surface area contributed by atoms with Gasteiger partial charge in [-0.2, -0.15) is 0 Å². The molecule has 0 saturated heterocycles. The zero-order valence-electron chi connectivity index (χ0n) is 18.0. The third-order valence-corrected chi connectivity index (χ3v) is 4.23. The zero-order chi connectivity index (χ0) is 24.1. The van der Waals surface area contributed by atoms with E-state index in [0.717, 1.165) is 0 Å². The van der Waals surface area contributed by atoms with Crippen LogP contribution in [0.25, 0.3) is 0 Å². The predicted octanol–water partition coefficient (Wildman–Crippen LogP) is 1.75. The smallest absolute Gasteiger partial charge is 0.335 e. The fourth-order valence-electron chi connectivity index (χ4n) is 2.59. The summed E-state index contributed by atoms with van der Waals surface area (Å²) in [7, 11) is 0. The van der Waals surface area contributed by atoms with Gasteiger partial charge in [0.2, 0.25) is 0 Å². The highest BCUT2D eigenvalue weighted by atomic mass is 16.6. The summed E-state index contributed by atoms with van der Waals surface area (Å²) in [5.41, 5.74) is 12.2. The lowest BCUT2D eigenvalue weighted by atomic mass is 10.2. The molecule has 0 bridgehead atoms. The molecule has 2 aromatic rings. The van der Waals surface area contributed by atoms with Crippen molar-refractivity contribution in [3.8, 4) is 11.5 Å². The molecule has 0 radical (unpaired) electrons. The number of carboxylic acid groups (broad SMARTS) is 2. The van der Waals surface area contributed by atoms with Crippen LogP contribution in [0.15, 0.2) is 36.4 Å². The third kappa shape index (κ3) is 9.23. The highest BCUT2D eigenvalue weighted by molar-refractivity contribution is 5.89. The van der Waals surface area contributed by atoms with E-state index in [-0.39, 0.29) is 35.7 Å². The molecule has 2 aromatic carbocycles. The van der Waals surface area contributed by atoms with Gasteiger partial charge < -0.3 is 45.4 Å². The van der Waals surface area contributed by atoms with Gasteiger partial charge >= 0.3 is 11.9 Å². The van der Waals surface area contributed by atoms with Crippen LogP contribution >= 0.6 is 0 Å². The number of benzene rings is 2. The summed E-state index contributed by atoms with van der Waals surface area (Å²) in [6.07, 6.45) is 0. The number of ether oxygens (including phenoxy) is 5. The van der Waals surface area contributed by atoms with E-state index >= 15 is 0 Å². The molecule has 0 aliphatic rings. The molecule has 0 heterocycles. The number of carboxylic acids is 2. The molecule has 0 amide bonds. The average molecular weight is 464 g/mol. The quantitative estimate of drug-likeness (QED) is 0.210. The number of nitrogens with two attached hydrogens (primary N) is 2. The average Bonchev–Trinajstić information content (AvgIpc) is 2.78. The molecule has 0 aromatic heterocycles. The maximum atomic E-state index is 10.9. The van der Waals surface area contributed by atoms with Crippen molar-refractivity contribution >= 4 is 23.3 Å². The van der Waals surface area contributed by atoms with E-state index in [1.165, 1.54) is 36.4 Å². The molecule has 0 aliphatic carbocycles. The topological polar surface area (TPSA) is 173 Å². The van der Waals surface area contributed by atoms with Gasteiger partial charge in [-0.05, 0) is 36.4 Å². The van der Waals surface area contributed by atoms with Gasteiger partial charge in [-0.15, -0.1) is 0 Å². The summed E-state index contributed by atoms with van der Waals surface area (Å²) in [5.74, 6) is -1.29. The van der Waals surface area contributed by atoms with Gasteiger partial charge in [0.05, 0.1) is 62.1 Å². The van der Waals surface area contributed by atoms with Crippen LogP contribution in [-0.4, -0.2) is 75.0 Å². The minimum Gasteiger partial charge on any atom is -0.489 e. The molecule has 0 saturated carbocycles. The van der Waals surface area contributed by atoms with Crippen LogP contribution < -0.4 is 20.9 Å². The summed E-state index contributed by atoms with van der Waals surface area (Å²) < 4.78 is 27.1. The number of anilines is 2. The van der Waals surface area contributed by atoms with Crippen LogP contribution in [0.5, 0.6) is 11.5 Å². The Morgan fingerprint density at radius 2 is 0.939 bits per heavy atom. The molecule has 11 nitrogen and oxygen atoms in total. The number of aromatic carboxylic acids is 2. The van der Waals surface area contributed by atoms with Gasteiger partial charge in [0.15, 0.2) is 0 Å². The Balaban J connectivity index is 1.43. The molecule has 0 aliphatic heterocycles. The molecule has 6 N–H and O–H groups in total. The fourth-order valence-corrected chi connectivity index (χ4v) is 2.59. The first-order chi connectivity index (χ1) is 15.9. The Morgan fingerprint density at radius 1 is 0.606 bits per heavy atom. The SMILES string of the molecule is Nc1cc(C(=O)O)ccc1OCCOCCOCCOCCOc1ccc(C(=O)O)cc1N. The van der Waals surface area contributed by atoms with E-state index in [0.29, 0.717) is 51.1 Å². The van der Waals surface area contributed by atoms with E-state index in [4.69, 9.17) is 45.4 Å². The minimum absolute atomic E-state index is 0.0988. The molecular weight excluding hydrogens is 436 g/mol. The van der Waals surface area contributed by atoms with Crippen molar-refractivity contribution in [3.63, 3.8) is 0 Å². The maximum Gasteiger partial charge on any atom is 0.335 e. The van der Waals surface area contributed by atoms with Crippen LogP contribution in [0.3, 0.4) is 0 Å². The highest BCUT2D eigenvalue weighted by Gasteiger charge is 2.08. The van der Waals surface area contributed by atoms with Gasteiger partial charge in [-0.25, -0.2) is 9.59 Å². The molecule has 11 heteroatoms. The molecular formula is C22H28N2O9. The lowest BCUT2D eigenvalue weighted by Crippen LogP contribution is -2.14. The van der Waals surface area contributed by atoms with E-state index in [2.05, 4.69) is 0 Å². The van der Waals surface area contributed by atoms with E-state index in [1.54, 1.807) is 0 Å². The third-order valence-electron chi connectivity index (χ3n) is 4.23. The second-order valence-electron chi connectivity index (χ2n) is 6.65. The lowest BCUT2D eigenvalue weighted by Gasteiger charge is -2.11. The second kappa shape index (κ2) is 13.8. The number of nitrogen functional groups attached to an aromatic ring is 2. The van der Waals surface area contributed by atoms with Crippen LogP contribution in [0.1, 0.15) is 20.7 Å². The van der Waals surface area contributed by atoms with E-state index in [9.17, 15) is 9.59 Å². The molecule has 0 unspecified atom stereocenters. The Labute approximate surface area is 190 Å². The Hall–Kier alpha value is -3.54. The summed E-state index contributed by atoms with van der Waals surface area (Å²) in [4.78, 5) is 21.7. The molecule has 2 rings (SSSR count). The molecule has 0 fully saturated rings. The standard InChI is InChI=1S/C22H28N2O9/c23-17-13-15(21(25)26)1-3-19(17)32-11-9-30-7-5-29-6-8-31-10-12-33-20-4-2-16(22(27)28)14-18(20)24/h1-4,13-14H,5-12,23-24H2,(H,25,26)(H,27,28). The number of hydrogen-bond acceptors (Lipinski definition) is 9. The summed E-state index contributed by atoms with van der Waals surface area (Å²) >= 11 is 0. The largest absolute Gasteiger partial charge is 0.489 e. The first kappa shape index (κ1) is 25.7. The molecule has 180 valence electrons. The number of carbonyl (C=O) groups is 2. The van der Waals surface area contributed by atoms with Crippen molar-refractivity contribution in [1.82, 2.24) is 0 Å². The zero-order valence-corrected chi connectivity index (χ0v) is 18.0. The summed E-state index contributed by atoms with van der Waals surface area (Å²) in [6.45, 7) is 2.73. The molecule has 33 heavy (non-hydrogen) atoms. The van der Waals surface area contributed by atoms with Crippen LogP contribution in [0.2, 0.25) is 0 Å². The highest BCUT2D eigenvalue weighted by Crippen LogP contribution is 2.23. The van der Waals surface area contributed by atoms with Crippen LogP contribution in [0, 0.1) is 0 Å². The van der Waals surface area contributed by atoms with Gasteiger partial charge in [0.25, 0.3) is 0 Å². The predicted molar refractivity (Wildman–Crippen MR) is 119 cm³/mol. The molecule has 0 atom stereocenters. The Bertz CT molecular complexity index is 847. The Kier molecular flexibility index (Phi) is 10.7. The van der Waals surface area contributed by atoms with Crippen molar-refractivity contribution in [3.05, 3.63) is 47.5 Å². The van der Waals surface area contributed by atoms with Crippen LogP contribution in [0.4, 0.5) is 11.4 Å². The van der Waals surface area contributed by atoms with Gasteiger partial charge in [-0.1, -0.05) is 0 Å². The van der Waals surface area contributed by atoms with Crippen LogP contribution in [-0.2, 0) is 14.2 Å². The number of rotatable bonds is 16. The first-order valence-electron chi connectivity index (χ1n) is 10.1. The van der Waals surface area contributed by atoms with E-state index < -0.39 is 11.9 Å². The minimum atomic E-state index is -1.05. The van der Waals surface area contributed by atoms with E-state index in [1.807, 2.05) is 0 Å². The fraction of sp³-hybridized carbons (Fsp3) is 0.364. The summed E-state index contributed by atoms with van der Waals surface area (Å²) in [5, 5.41) is 17.8. The normalized spacial score (nSPS) is 10.7. The Morgan fingerprint density at radius 3 is 1.24 bits per heavy atom. The number of hydrogen-bond donors (Lipinski definition) is 4. The first-order valence-corrected chi connectivity index (χ1v) is 10.1.